The van der Waals surface area contributed by atoms with Crippen LogP contribution in [0.2, 0.25) is 0 Å². The number of hydrogen-bond acceptors (Lipinski definition) is 3. The average Bonchev–Trinajstić information content (AvgIpc) is 2.38. The summed E-state index contributed by atoms with van der Waals surface area (Å²) in [6, 6.07) is 5.51. The van der Waals surface area contributed by atoms with Gasteiger partial charge in [-0.15, -0.1) is 0 Å². The van der Waals surface area contributed by atoms with Crippen LogP contribution in [0.3, 0.4) is 0 Å². The van der Waals surface area contributed by atoms with Crippen molar-refractivity contribution in [1.82, 2.24) is 0 Å². The summed E-state index contributed by atoms with van der Waals surface area (Å²) in [7, 11) is 1.67. The minimum Gasteiger partial charge on any atom is -0.493 e. The van der Waals surface area contributed by atoms with Crippen molar-refractivity contribution >= 4 is 28.0 Å². The highest BCUT2D eigenvalue weighted by molar-refractivity contribution is 9.10. The maximum absolute atomic E-state index is 10.5. The van der Waals surface area contributed by atoms with E-state index in [0.29, 0.717) is 12.4 Å². The Hall–Kier alpha value is -1.33. The molecule has 0 aliphatic rings. The molecule has 0 bridgehead atoms. The number of carbonyl (C=O) groups is 1. The SMILES string of the molecule is COCCCCOc1ccc(Br)cc1/C=C/C(=O)O. The first kappa shape index (κ1) is 15.7. The van der Waals surface area contributed by atoms with Gasteiger partial charge in [0.25, 0.3) is 0 Å². The number of hydrogen-bond donors (Lipinski definition) is 1. The number of carboxylic acid groups (broad SMARTS) is 1. The second-order valence-electron chi connectivity index (χ2n) is 3.90. The standard InChI is InChI=1S/C14H17BrO4/c1-18-8-2-3-9-19-13-6-5-12(15)10-11(13)4-7-14(16)17/h4-7,10H,2-3,8-9H2,1H3,(H,16,17)/b7-4+. The zero-order chi connectivity index (χ0) is 14.1. The minimum absolute atomic E-state index is 0.582. The highest BCUT2D eigenvalue weighted by Crippen LogP contribution is 2.24. The molecule has 5 heteroatoms. The molecule has 19 heavy (non-hydrogen) atoms. The Kier molecular flexibility index (Phi) is 7.22. The molecule has 0 atom stereocenters. The van der Waals surface area contributed by atoms with Crippen molar-refractivity contribution in [3.05, 3.63) is 34.3 Å². The summed E-state index contributed by atoms with van der Waals surface area (Å²) in [6.07, 6.45) is 4.45. The predicted molar refractivity (Wildman–Crippen MR) is 77.4 cm³/mol. The number of unbranched alkanes of at least 4 members (excludes halogenated alkanes) is 1. The molecule has 1 rings (SSSR count). The first-order chi connectivity index (χ1) is 9.13. The van der Waals surface area contributed by atoms with E-state index < -0.39 is 5.97 Å². The fourth-order valence-electron chi connectivity index (χ4n) is 1.47. The van der Waals surface area contributed by atoms with Crippen LogP contribution in [0.25, 0.3) is 6.08 Å². The topological polar surface area (TPSA) is 55.8 Å². The van der Waals surface area contributed by atoms with Crippen molar-refractivity contribution < 1.29 is 19.4 Å². The molecule has 0 fully saturated rings. The largest absolute Gasteiger partial charge is 0.493 e. The Morgan fingerprint density at radius 3 is 2.79 bits per heavy atom. The summed E-state index contributed by atoms with van der Waals surface area (Å²) in [6.45, 7) is 1.30. The zero-order valence-corrected chi connectivity index (χ0v) is 12.4. The van der Waals surface area contributed by atoms with Gasteiger partial charge in [-0.3, -0.25) is 0 Å². The number of rotatable bonds is 8. The van der Waals surface area contributed by atoms with Crippen molar-refractivity contribution in [3.8, 4) is 5.75 Å². The van der Waals surface area contributed by atoms with Crippen LogP contribution in [0.15, 0.2) is 28.7 Å². The van der Waals surface area contributed by atoms with Crippen LogP contribution in [0.1, 0.15) is 18.4 Å². The number of methoxy groups -OCH3 is 1. The summed E-state index contributed by atoms with van der Waals surface area (Å²) in [5, 5.41) is 8.65. The van der Waals surface area contributed by atoms with Crippen LogP contribution in [-0.4, -0.2) is 31.4 Å². The monoisotopic (exact) mass is 328 g/mol. The molecular formula is C14H17BrO4. The molecule has 1 aromatic rings. The minimum atomic E-state index is -0.981. The molecule has 1 aromatic carbocycles. The van der Waals surface area contributed by atoms with Gasteiger partial charge < -0.3 is 14.6 Å². The molecule has 0 saturated heterocycles. The molecule has 104 valence electrons. The number of aliphatic carboxylic acids is 1. The van der Waals surface area contributed by atoms with E-state index >= 15 is 0 Å². The zero-order valence-electron chi connectivity index (χ0n) is 10.8. The van der Waals surface area contributed by atoms with E-state index in [1.807, 2.05) is 18.2 Å². The highest BCUT2D eigenvalue weighted by atomic mass is 79.9. The van der Waals surface area contributed by atoms with Crippen molar-refractivity contribution in [2.45, 2.75) is 12.8 Å². The molecular weight excluding hydrogens is 312 g/mol. The fourth-order valence-corrected chi connectivity index (χ4v) is 1.85. The lowest BCUT2D eigenvalue weighted by molar-refractivity contribution is -0.131. The second kappa shape index (κ2) is 8.72. The van der Waals surface area contributed by atoms with Crippen molar-refractivity contribution in [2.75, 3.05) is 20.3 Å². The van der Waals surface area contributed by atoms with E-state index in [9.17, 15) is 4.79 Å². The highest BCUT2D eigenvalue weighted by Gasteiger charge is 2.02. The van der Waals surface area contributed by atoms with Crippen molar-refractivity contribution in [3.63, 3.8) is 0 Å². The molecule has 0 aliphatic heterocycles. The second-order valence-corrected chi connectivity index (χ2v) is 4.82. The lowest BCUT2D eigenvalue weighted by Crippen LogP contribution is -2.01. The van der Waals surface area contributed by atoms with Gasteiger partial charge in [0.05, 0.1) is 6.61 Å². The van der Waals surface area contributed by atoms with Gasteiger partial charge >= 0.3 is 5.97 Å². The number of halogens is 1. The molecule has 0 aliphatic carbocycles. The summed E-state index contributed by atoms with van der Waals surface area (Å²) >= 11 is 3.35. The van der Waals surface area contributed by atoms with Gasteiger partial charge in [-0.2, -0.15) is 0 Å². The molecule has 1 N–H and O–H groups in total. The van der Waals surface area contributed by atoms with Gasteiger partial charge in [-0.25, -0.2) is 4.79 Å². The Labute approximate surface area is 121 Å². The van der Waals surface area contributed by atoms with Crippen LogP contribution in [0.4, 0.5) is 0 Å². The summed E-state index contributed by atoms with van der Waals surface area (Å²) in [5.74, 6) is -0.302. The molecule has 0 aromatic heterocycles. The smallest absolute Gasteiger partial charge is 0.328 e. The van der Waals surface area contributed by atoms with Gasteiger partial charge in [0.2, 0.25) is 0 Å². The van der Waals surface area contributed by atoms with Crippen molar-refractivity contribution in [1.29, 1.82) is 0 Å². The number of ether oxygens (including phenoxy) is 2. The third-order valence-corrected chi connectivity index (χ3v) is 2.87. The van der Waals surface area contributed by atoms with Crippen LogP contribution in [0, 0.1) is 0 Å². The molecule has 0 unspecified atom stereocenters. The fraction of sp³-hybridized carbons (Fsp3) is 0.357. The average molecular weight is 329 g/mol. The summed E-state index contributed by atoms with van der Waals surface area (Å²) in [4.78, 5) is 10.5. The summed E-state index contributed by atoms with van der Waals surface area (Å²) in [5.41, 5.74) is 0.739. The van der Waals surface area contributed by atoms with Gasteiger partial charge in [-0.1, -0.05) is 15.9 Å². The van der Waals surface area contributed by atoms with Crippen LogP contribution in [0.5, 0.6) is 5.75 Å². The quantitative estimate of drug-likeness (QED) is 0.587. The predicted octanol–water partition coefficient (Wildman–Crippen LogP) is 3.35. The maximum atomic E-state index is 10.5. The first-order valence-corrected chi connectivity index (χ1v) is 6.75. The molecule has 4 nitrogen and oxygen atoms in total. The van der Waals surface area contributed by atoms with Crippen LogP contribution < -0.4 is 4.74 Å². The van der Waals surface area contributed by atoms with E-state index in [-0.39, 0.29) is 0 Å². The molecule has 0 radical (unpaired) electrons. The lowest BCUT2D eigenvalue weighted by Gasteiger charge is -2.09. The van der Waals surface area contributed by atoms with Crippen molar-refractivity contribution in [2.24, 2.45) is 0 Å². The molecule has 0 heterocycles. The third kappa shape index (κ3) is 6.40. The number of benzene rings is 1. The first-order valence-electron chi connectivity index (χ1n) is 5.96. The molecule has 0 amide bonds. The van der Waals surface area contributed by atoms with E-state index in [4.69, 9.17) is 14.6 Å². The van der Waals surface area contributed by atoms with E-state index in [1.54, 1.807) is 7.11 Å². The Bertz CT molecular complexity index is 443. The maximum Gasteiger partial charge on any atom is 0.328 e. The van der Waals surface area contributed by atoms with Gasteiger partial charge in [0.1, 0.15) is 5.75 Å². The van der Waals surface area contributed by atoms with Gasteiger partial charge in [0.15, 0.2) is 0 Å². The van der Waals surface area contributed by atoms with Crippen LogP contribution in [-0.2, 0) is 9.53 Å². The Morgan fingerprint density at radius 2 is 2.11 bits per heavy atom. The van der Waals surface area contributed by atoms with E-state index in [0.717, 1.165) is 35.6 Å². The van der Waals surface area contributed by atoms with E-state index in [1.165, 1.54) is 6.08 Å². The lowest BCUT2D eigenvalue weighted by atomic mass is 10.2. The van der Waals surface area contributed by atoms with Gasteiger partial charge in [-0.05, 0) is 37.1 Å². The summed E-state index contributed by atoms with van der Waals surface area (Å²) < 4.78 is 11.5. The third-order valence-electron chi connectivity index (χ3n) is 2.38. The Morgan fingerprint density at radius 1 is 1.37 bits per heavy atom. The van der Waals surface area contributed by atoms with Crippen LogP contribution >= 0.6 is 15.9 Å². The molecule has 0 spiro atoms. The molecule has 0 saturated carbocycles. The van der Waals surface area contributed by atoms with Gasteiger partial charge in [0, 0.05) is 29.8 Å². The Balaban J connectivity index is 2.63. The number of carboxylic acids is 1. The van der Waals surface area contributed by atoms with E-state index in [2.05, 4.69) is 15.9 Å². The normalized spacial score (nSPS) is 10.8.